The number of aromatic hydroxyl groups is 1. The molecule has 9 heteroatoms. The maximum absolute atomic E-state index is 14.3. The highest BCUT2D eigenvalue weighted by Crippen LogP contribution is 2.63. The minimum absolute atomic E-state index is 0.0313. The number of fused-ring (bicyclic) bond motifs is 1. The molecule has 2 aromatic rings. The number of phenols is 1. The lowest BCUT2D eigenvalue weighted by molar-refractivity contribution is 0.0686. The van der Waals surface area contributed by atoms with Crippen LogP contribution in [0.2, 0.25) is 0 Å². The second-order valence-electron chi connectivity index (χ2n) is 11.2. The van der Waals surface area contributed by atoms with Gasteiger partial charge in [-0.25, -0.2) is 14.8 Å². The molecule has 4 fully saturated rings. The van der Waals surface area contributed by atoms with Gasteiger partial charge in [-0.2, -0.15) is 10.1 Å². The van der Waals surface area contributed by atoms with Crippen molar-refractivity contribution in [1.29, 1.82) is 0 Å². The van der Waals surface area contributed by atoms with Gasteiger partial charge in [0.25, 0.3) is 0 Å². The molecule has 2 heterocycles. The Hall–Kier alpha value is -2.78. The normalized spacial score (nSPS) is 34.0. The fourth-order valence-corrected chi connectivity index (χ4v) is 7.20. The molecule has 0 radical (unpaired) electrons. The lowest BCUT2D eigenvalue weighted by Gasteiger charge is -2.47. The van der Waals surface area contributed by atoms with E-state index in [-0.39, 0.29) is 28.5 Å². The smallest absolute Gasteiger partial charge is 0.245 e. The third kappa shape index (κ3) is 4.14. The maximum atomic E-state index is 14.3. The minimum Gasteiger partial charge on any atom is -0.507 e. The number of hydrogen-bond acceptors (Lipinski definition) is 8. The molecule has 2 bridgehead atoms. The molecule has 2 unspecified atom stereocenters. The second kappa shape index (κ2) is 8.41. The zero-order valence-corrected chi connectivity index (χ0v) is 20.1. The number of rotatable bonds is 5. The van der Waals surface area contributed by atoms with Gasteiger partial charge in [-0.15, -0.1) is 0 Å². The van der Waals surface area contributed by atoms with E-state index in [0.29, 0.717) is 31.9 Å². The van der Waals surface area contributed by atoms with Crippen LogP contribution in [0, 0.1) is 23.6 Å². The molecule has 1 aromatic heterocycles. The number of morpholine rings is 1. The van der Waals surface area contributed by atoms with Crippen LogP contribution < -0.4 is 16.1 Å². The first-order valence-corrected chi connectivity index (χ1v) is 12.6. The van der Waals surface area contributed by atoms with Gasteiger partial charge in [0.15, 0.2) is 11.6 Å². The van der Waals surface area contributed by atoms with Crippen LogP contribution in [-0.2, 0) is 10.2 Å². The Morgan fingerprint density at radius 3 is 2.89 bits per heavy atom. The summed E-state index contributed by atoms with van der Waals surface area (Å²) in [4.78, 5) is 10.1. The zero-order valence-electron chi connectivity index (χ0n) is 20.1. The van der Waals surface area contributed by atoms with Gasteiger partial charge in [-0.3, -0.25) is 0 Å². The van der Waals surface area contributed by atoms with Crippen LogP contribution in [-0.4, -0.2) is 53.1 Å². The third-order valence-corrected chi connectivity index (χ3v) is 8.71. The standard InChI is InChI=1S/C26H33FN6O2/c1-25(10-16-8-17-11-26(28,15-25)12-20(16)17)19-2-3-22(34)18(9-19)13-30-32-24-29-14-21(27)23(31-24)33-4-6-35-7-5-33/h2-3,9,13-14,16-17,20,34H,4-8,10-12,15,28H2,1H3,(H,29,31,32)/b30-13-/t16-,17-,20?,25?,26+/m0/s1. The van der Waals surface area contributed by atoms with Crippen LogP contribution in [0.15, 0.2) is 29.5 Å². The molecule has 3 aliphatic carbocycles. The van der Waals surface area contributed by atoms with Crippen molar-refractivity contribution in [2.24, 2.45) is 28.6 Å². The summed E-state index contributed by atoms with van der Waals surface area (Å²) in [5.41, 5.74) is 11.3. The van der Waals surface area contributed by atoms with E-state index in [0.717, 1.165) is 49.6 Å². The van der Waals surface area contributed by atoms with Crippen LogP contribution in [0.3, 0.4) is 0 Å². The van der Waals surface area contributed by atoms with E-state index < -0.39 is 5.82 Å². The van der Waals surface area contributed by atoms with E-state index in [9.17, 15) is 9.50 Å². The lowest BCUT2D eigenvalue weighted by atomic mass is 9.58. The monoisotopic (exact) mass is 480 g/mol. The molecule has 4 aliphatic rings. The van der Waals surface area contributed by atoms with E-state index in [1.165, 1.54) is 12.0 Å². The van der Waals surface area contributed by atoms with Gasteiger partial charge in [-0.1, -0.05) is 13.0 Å². The van der Waals surface area contributed by atoms with E-state index in [1.807, 2.05) is 17.0 Å². The number of nitrogens with one attached hydrogen (secondary N) is 1. The third-order valence-electron chi connectivity index (χ3n) is 8.71. The van der Waals surface area contributed by atoms with Gasteiger partial charge in [0.1, 0.15) is 5.75 Å². The molecule has 1 aromatic carbocycles. The number of phenolic OH excluding ortho intramolecular Hbond substituents is 1. The molecule has 6 rings (SSSR count). The Bertz CT molecular complexity index is 1150. The molecule has 1 saturated heterocycles. The molecular formula is C26H33FN6O2. The number of anilines is 2. The number of hydrazone groups is 1. The number of nitrogens with zero attached hydrogens (tertiary/aromatic N) is 4. The molecule has 8 nitrogen and oxygen atoms in total. The van der Waals surface area contributed by atoms with Crippen molar-refractivity contribution < 1.29 is 14.2 Å². The molecule has 0 amide bonds. The summed E-state index contributed by atoms with van der Waals surface area (Å²) < 4.78 is 19.6. The predicted octanol–water partition coefficient (Wildman–Crippen LogP) is 3.40. The molecule has 35 heavy (non-hydrogen) atoms. The van der Waals surface area contributed by atoms with Crippen LogP contribution in [0.4, 0.5) is 16.2 Å². The highest BCUT2D eigenvalue weighted by atomic mass is 19.1. The molecular weight excluding hydrogens is 447 g/mol. The Morgan fingerprint density at radius 1 is 1.26 bits per heavy atom. The van der Waals surface area contributed by atoms with Gasteiger partial charge in [0.05, 0.1) is 25.6 Å². The van der Waals surface area contributed by atoms with Gasteiger partial charge < -0.3 is 20.5 Å². The number of halogens is 1. The minimum atomic E-state index is -0.479. The van der Waals surface area contributed by atoms with Crippen molar-refractivity contribution in [3.05, 3.63) is 41.3 Å². The Kier molecular flexibility index (Phi) is 5.45. The quantitative estimate of drug-likeness (QED) is 0.445. The van der Waals surface area contributed by atoms with E-state index >= 15 is 0 Å². The molecule has 4 N–H and O–H groups in total. The second-order valence-corrected chi connectivity index (χ2v) is 11.2. The highest BCUT2D eigenvalue weighted by Gasteiger charge is 2.58. The van der Waals surface area contributed by atoms with Crippen molar-refractivity contribution in [3.8, 4) is 5.75 Å². The zero-order chi connectivity index (χ0) is 24.2. The largest absolute Gasteiger partial charge is 0.507 e. The van der Waals surface area contributed by atoms with Crippen molar-refractivity contribution in [2.45, 2.75) is 50.0 Å². The summed E-state index contributed by atoms with van der Waals surface area (Å²) in [6.07, 6.45) is 8.41. The highest BCUT2D eigenvalue weighted by molar-refractivity contribution is 5.84. The average molecular weight is 481 g/mol. The summed E-state index contributed by atoms with van der Waals surface area (Å²) in [7, 11) is 0. The lowest BCUT2D eigenvalue weighted by Crippen LogP contribution is -2.45. The molecule has 1 aliphatic heterocycles. The first-order chi connectivity index (χ1) is 16.8. The first kappa shape index (κ1) is 22.7. The Balaban J connectivity index is 1.20. The summed E-state index contributed by atoms with van der Waals surface area (Å²) in [6, 6.07) is 5.78. The predicted molar refractivity (Wildman–Crippen MR) is 132 cm³/mol. The number of nitrogens with two attached hydrogens (primary N) is 1. The fourth-order valence-electron chi connectivity index (χ4n) is 7.20. The van der Waals surface area contributed by atoms with Crippen LogP contribution in [0.25, 0.3) is 0 Å². The molecule has 5 atom stereocenters. The van der Waals surface area contributed by atoms with Gasteiger partial charge in [-0.05, 0) is 73.0 Å². The number of hydrogen-bond donors (Lipinski definition) is 3. The SMILES string of the molecule is CC1(c2ccc(O)c(/C=N\Nc3ncc(F)c(N4CCOCC4)n3)c2)C[C@@H]2C[C@H]3C[C@@](N)(CC23)C1. The van der Waals surface area contributed by atoms with Crippen LogP contribution in [0.1, 0.15) is 50.2 Å². The molecule has 0 spiro atoms. The van der Waals surface area contributed by atoms with Crippen LogP contribution >= 0.6 is 0 Å². The first-order valence-electron chi connectivity index (χ1n) is 12.6. The van der Waals surface area contributed by atoms with Gasteiger partial charge in [0.2, 0.25) is 5.95 Å². The van der Waals surface area contributed by atoms with Crippen LogP contribution in [0.5, 0.6) is 5.75 Å². The topological polar surface area (TPSA) is 109 Å². The summed E-state index contributed by atoms with van der Waals surface area (Å²) in [5, 5.41) is 14.7. The van der Waals surface area contributed by atoms with Gasteiger partial charge >= 0.3 is 0 Å². The maximum Gasteiger partial charge on any atom is 0.245 e. The van der Waals surface area contributed by atoms with Crippen molar-refractivity contribution in [2.75, 3.05) is 36.6 Å². The number of aromatic nitrogens is 2. The Labute approximate surface area is 204 Å². The van der Waals surface area contributed by atoms with Crippen molar-refractivity contribution >= 4 is 18.0 Å². The summed E-state index contributed by atoms with van der Waals surface area (Å²) >= 11 is 0. The number of benzene rings is 1. The Morgan fingerprint density at radius 2 is 2.06 bits per heavy atom. The van der Waals surface area contributed by atoms with Crippen molar-refractivity contribution in [3.63, 3.8) is 0 Å². The summed E-state index contributed by atoms with van der Waals surface area (Å²) in [5.74, 6) is 2.47. The summed E-state index contributed by atoms with van der Waals surface area (Å²) in [6.45, 7) is 4.53. The molecule has 3 saturated carbocycles. The van der Waals surface area contributed by atoms with Crippen molar-refractivity contribution in [1.82, 2.24) is 9.97 Å². The average Bonchev–Trinajstić information content (AvgIpc) is 3.05. The fraction of sp³-hybridized carbons (Fsp3) is 0.577. The number of ether oxygens (including phenoxy) is 1. The molecule has 186 valence electrons. The van der Waals surface area contributed by atoms with Gasteiger partial charge in [0, 0.05) is 24.2 Å². The van der Waals surface area contributed by atoms with E-state index in [4.69, 9.17) is 10.5 Å². The van der Waals surface area contributed by atoms with E-state index in [1.54, 1.807) is 12.3 Å². The van der Waals surface area contributed by atoms with E-state index in [2.05, 4.69) is 27.4 Å².